The van der Waals surface area contributed by atoms with Crippen LogP contribution in [0.5, 0.6) is 0 Å². The molecule has 0 radical (unpaired) electrons. The monoisotopic (exact) mass is 186 g/mol. The van der Waals surface area contributed by atoms with Crippen LogP contribution in [0.25, 0.3) is 0 Å². The molecule has 5 nitrogen and oxygen atoms in total. The van der Waals surface area contributed by atoms with E-state index in [1.807, 2.05) is 0 Å². The molecule has 0 bridgehead atoms. The van der Waals surface area contributed by atoms with E-state index in [2.05, 4.69) is 0 Å². The van der Waals surface area contributed by atoms with Gasteiger partial charge >= 0.3 is 0 Å². The number of hydrogen-bond acceptors (Lipinski definition) is 5. The maximum atomic E-state index is 8.68. The van der Waals surface area contributed by atoms with E-state index in [9.17, 15) is 0 Å². The van der Waals surface area contributed by atoms with Gasteiger partial charge in [-0.2, -0.15) is 0 Å². The zero-order valence-corrected chi connectivity index (χ0v) is 7.69. The average molecular weight is 186 g/mol. The van der Waals surface area contributed by atoms with Gasteiger partial charge < -0.3 is 21.6 Å². The van der Waals surface area contributed by atoms with Crippen LogP contribution in [-0.2, 0) is 0 Å². The van der Waals surface area contributed by atoms with Gasteiger partial charge in [-0.15, -0.1) is 0 Å². The predicted molar refractivity (Wildman–Crippen MR) is 51.0 cm³/mol. The van der Waals surface area contributed by atoms with Gasteiger partial charge in [0.1, 0.15) is 0 Å². The maximum absolute atomic E-state index is 8.68. The van der Waals surface area contributed by atoms with Crippen LogP contribution in [0, 0.1) is 0 Å². The first kappa shape index (κ1) is 10.3. The Bertz CT molecular complexity index is 195. The SMILES string of the molecule is N/C(=C\N(N)C1CCC(N)C1)CO. The molecule has 1 rings (SSSR count). The van der Waals surface area contributed by atoms with E-state index in [4.69, 9.17) is 22.4 Å². The van der Waals surface area contributed by atoms with Crippen LogP contribution < -0.4 is 17.3 Å². The number of nitrogens with two attached hydrogens (primary N) is 3. The lowest BCUT2D eigenvalue weighted by atomic mass is 10.2. The Morgan fingerprint density at radius 1 is 1.54 bits per heavy atom. The molecule has 2 unspecified atom stereocenters. The molecule has 0 aromatic rings. The molecule has 7 N–H and O–H groups in total. The quantitative estimate of drug-likeness (QED) is 0.329. The van der Waals surface area contributed by atoms with Crippen LogP contribution in [0.15, 0.2) is 11.9 Å². The lowest BCUT2D eigenvalue weighted by Gasteiger charge is -2.22. The van der Waals surface area contributed by atoms with E-state index < -0.39 is 0 Å². The average Bonchev–Trinajstić information content (AvgIpc) is 2.51. The molecule has 1 fully saturated rings. The van der Waals surface area contributed by atoms with Crippen molar-refractivity contribution in [3.8, 4) is 0 Å². The van der Waals surface area contributed by atoms with E-state index in [0.29, 0.717) is 5.70 Å². The summed E-state index contributed by atoms with van der Waals surface area (Å²) in [6, 6.07) is 0.514. The van der Waals surface area contributed by atoms with Crippen molar-refractivity contribution in [3.63, 3.8) is 0 Å². The van der Waals surface area contributed by atoms with Crippen molar-refractivity contribution in [2.24, 2.45) is 17.3 Å². The van der Waals surface area contributed by atoms with Gasteiger partial charge in [0.2, 0.25) is 0 Å². The third-order valence-corrected chi connectivity index (χ3v) is 2.36. The number of rotatable bonds is 3. The molecular weight excluding hydrogens is 168 g/mol. The van der Waals surface area contributed by atoms with Crippen LogP contribution >= 0.6 is 0 Å². The molecule has 5 heteroatoms. The Labute approximate surface area is 78.1 Å². The molecule has 1 aliphatic carbocycles. The second kappa shape index (κ2) is 4.45. The largest absolute Gasteiger partial charge is 0.399 e. The van der Waals surface area contributed by atoms with Crippen molar-refractivity contribution in [1.82, 2.24) is 5.01 Å². The van der Waals surface area contributed by atoms with Gasteiger partial charge in [0.15, 0.2) is 0 Å². The summed E-state index contributed by atoms with van der Waals surface area (Å²) in [5.41, 5.74) is 11.6. The van der Waals surface area contributed by atoms with E-state index in [0.717, 1.165) is 19.3 Å². The molecule has 13 heavy (non-hydrogen) atoms. The molecular formula is C8H18N4O. The highest BCUT2D eigenvalue weighted by atomic mass is 16.3. The second-order valence-corrected chi connectivity index (χ2v) is 3.54. The normalized spacial score (nSPS) is 29.3. The molecule has 2 atom stereocenters. The molecule has 76 valence electrons. The third-order valence-electron chi connectivity index (χ3n) is 2.36. The van der Waals surface area contributed by atoms with Crippen molar-refractivity contribution in [2.75, 3.05) is 6.61 Å². The maximum Gasteiger partial charge on any atom is 0.0840 e. The first-order valence-electron chi connectivity index (χ1n) is 4.49. The van der Waals surface area contributed by atoms with Gasteiger partial charge in [-0.05, 0) is 19.3 Å². The van der Waals surface area contributed by atoms with Crippen molar-refractivity contribution < 1.29 is 5.11 Å². The van der Waals surface area contributed by atoms with Crippen LogP contribution in [0.4, 0.5) is 0 Å². The number of nitrogens with zero attached hydrogens (tertiary/aromatic N) is 1. The number of aliphatic hydroxyl groups is 1. The standard InChI is InChI=1S/C8H18N4O/c9-6-1-2-8(3-6)12(11)4-7(10)5-13/h4,6,8,13H,1-3,5,9-11H2/b7-4-. The van der Waals surface area contributed by atoms with E-state index in [-0.39, 0.29) is 18.7 Å². The van der Waals surface area contributed by atoms with Crippen LogP contribution in [-0.4, -0.2) is 28.8 Å². The Kier molecular flexibility index (Phi) is 3.53. The summed E-state index contributed by atoms with van der Waals surface area (Å²) < 4.78 is 0. The third kappa shape index (κ3) is 2.87. The molecule has 1 saturated carbocycles. The molecule has 0 heterocycles. The zero-order chi connectivity index (χ0) is 9.84. The lowest BCUT2D eigenvalue weighted by molar-refractivity contribution is 0.274. The summed E-state index contributed by atoms with van der Waals surface area (Å²) >= 11 is 0. The van der Waals surface area contributed by atoms with Gasteiger partial charge in [-0.25, -0.2) is 5.84 Å². The van der Waals surface area contributed by atoms with Gasteiger partial charge in [0, 0.05) is 18.3 Å². The van der Waals surface area contributed by atoms with Crippen LogP contribution in [0.1, 0.15) is 19.3 Å². The topological polar surface area (TPSA) is 102 Å². The van der Waals surface area contributed by atoms with Crippen LogP contribution in [0.3, 0.4) is 0 Å². The van der Waals surface area contributed by atoms with Crippen LogP contribution in [0.2, 0.25) is 0 Å². The fraction of sp³-hybridized carbons (Fsp3) is 0.750. The Morgan fingerprint density at radius 2 is 2.23 bits per heavy atom. The Hall–Kier alpha value is -0.780. The second-order valence-electron chi connectivity index (χ2n) is 3.54. The Balaban J connectivity index is 2.44. The van der Waals surface area contributed by atoms with E-state index >= 15 is 0 Å². The minimum absolute atomic E-state index is 0.160. The summed E-state index contributed by atoms with van der Waals surface area (Å²) in [7, 11) is 0. The minimum Gasteiger partial charge on any atom is -0.399 e. The lowest BCUT2D eigenvalue weighted by Crippen LogP contribution is -2.36. The molecule has 0 aromatic carbocycles. The number of hydrazine groups is 1. The summed E-state index contributed by atoms with van der Waals surface area (Å²) in [4.78, 5) is 0. The number of aliphatic hydroxyl groups excluding tert-OH is 1. The summed E-state index contributed by atoms with van der Waals surface area (Å²) in [5.74, 6) is 5.73. The molecule has 0 spiro atoms. The van der Waals surface area contributed by atoms with Gasteiger partial charge in [-0.1, -0.05) is 0 Å². The highest BCUT2D eigenvalue weighted by molar-refractivity contribution is 4.97. The van der Waals surface area contributed by atoms with Crippen molar-refractivity contribution in [2.45, 2.75) is 31.3 Å². The van der Waals surface area contributed by atoms with Gasteiger partial charge in [0.25, 0.3) is 0 Å². The highest BCUT2D eigenvalue weighted by Crippen LogP contribution is 2.20. The number of hydrogen-bond donors (Lipinski definition) is 4. The van der Waals surface area contributed by atoms with Crippen molar-refractivity contribution in [3.05, 3.63) is 11.9 Å². The summed E-state index contributed by atoms with van der Waals surface area (Å²) in [5, 5.41) is 10.2. The molecule has 0 saturated heterocycles. The minimum atomic E-state index is -0.160. The fourth-order valence-corrected chi connectivity index (χ4v) is 1.60. The summed E-state index contributed by atoms with van der Waals surface area (Å²) in [6.45, 7) is -0.160. The molecule has 0 aromatic heterocycles. The molecule has 0 amide bonds. The smallest absolute Gasteiger partial charge is 0.0840 e. The van der Waals surface area contributed by atoms with Gasteiger partial charge in [0.05, 0.1) is 12.3 Å². The van der Waals surface area contributed by atoms with E-state index in [1.165, 1.54) is 0 Å². The Morgan fingerprint density at radius 3 is 2.69 bits per heavy atom. The fourth-order valence-electron chi connectivity index (χ4n) is 1.60. The first-order valence-corrected chi connectivity index (χ1v) is 4.49. The first-order chi connectivity index (χ1) is 6.13. The highest BCUT2D eigenvalue weighted by Gasteiger charge is 2.24. The molecule has 1 aliphatic rings. The summed E-state index contributed by atoms with van der Waals surface area (Å²) in [6.07, 6.45) is 4.46. The predicted octanol–water partition coefficient (Wildman–Crippen LogP) is -1.17. The van der Waals surface area contributed by atoms with Crippen molar-refractivity contribution >= 4 is 0 Å². The van der Waals surface area contributed by atoms with Gasteiger partial charge in [-0.3, -0.25) is 0 Å². The van der Waals surface area contributed by atoms with Crippen molar-refractivity contribution in [1.29, 1.82) is 0 Å². The molecule has 0 aliphatic heterocycles. The van der Waals surface area contributed by atoms with E-state index in [1.54, 1.807) is 11.2 Å². The zero-order valence-electron chi connectivity index (χ0n) is 7.69.